The maximum atomic E-state index is 11.7. The summed E-state index contributed by atoms with van der Waals surface area (Å²) in [5.41, 5.74) is 1.61. The van der Waals surface area contributed by atoms with E-state index in [9.17, 15) is 9.59 Å². The van der Waals surface area contributed by atoms with Crippen LogP contribution in [0.25, 0.3) is 0 Å². The van der Waals surface area contributed by atoms with E-state index in [0.29, 0.717) is 5.69 Å². The molecule has 1 aromatic carbocycles. The highest BCUT2D eigenvalue weighted by molar-refractivity contribution is 9.11. The predicted octanol–water partition coefficient (Wildman–Crippen LogP) is 3.07. The van der Waals surface area contributed by atoms with Crippen molar-refractivity contribution in [1.82, 2.24) is 4.90 Å². The fourth-order valence-corrected chi connectivity index (χ4v) is 2.91. The number of rotatable bonds is 3. The molecule has 2 N–H and O–H groups in total. The van der Waals surface area contributed by atoms with Gasteiger partial charge in [0.2, 0.25) is 0 Å². The number of nitrogens with one attached hydrogen (secondary N) is 1. The molecule has 1 rings (SSSR count). The third-order valence-electron chi connectivity index (χ3n) is 2.14. The van der Waals surface area contributed by atoms with Crippen molar-refractivity contribution in [1.29, 1.82) is 0 Å². The molecule has 1 aromatic rings. The minimum atomic E-state index is -1.06. The molecule has 0 atom stereocenters. The molecule has 0 aliphatic carbocycles. The van der Waals surface area contributed by atoms with E-state index >= 15 is 0 Å². The van der Waals surface area contributed by atoms with Gasteiger partial charge in [0.05, 0.1) is 5.69 Å². The number of carboxylic acid groups (broad SMARTS) is 1. The van der Waals surface area contributed by atoms with E-state index in [4.69, 9.17) is 5.11 Å². The minimum absolute atomic E-state index is 0.354. The van der Waals surface area contributed by atoms with Gasteiger partial charge >= 0.3 is 12.0 Å². The monoisotopic (exact) mass is 378 g/mol. The summed E-state index contributed by atoms with van der Waals surface area (Å²) < 4.78 is 1.46. The molecule has 0 fully saturated rings. The molecular weight excluding hydrogens is 368 g/mol. The summed E-state index contributed by atoms with van der Waals surface area (Å²) in [7, 11) is 1.42. The normalized spacial score (nSPS) is 10.0. The Morgan fingerprint density at radius 2 is 1.83 bits per heavy atom. The van der Waals surface area contributed by atoms with Crippen LogP contribution in [0.3, 0.4) is 0 Å². The number of carbonyl (C=O) groups excluding carboxylic acids is 1. The first-order valence-electron chi connectivity index (χ1n) is 5.01. The summed E-state index contributed by atoms with van der Waals surface area (Å²) in [5.74, 6) is -1.06. The average Bonchev–Trinajstić information content (AvgIpc) is 2.21. The van der Waals surface area contributed by atoms with Crippen LogP contribution in [-0.2, 0) is 4.79 Å². The smallest absolute Gasteiger partial charge is 0.323 e. The molecule has 2 amide bonds. The number of halogens is 2. The molecular formula is C11H12Br2N2O3. The van der Waals surface area contributed by atoms with Crippen molar-refractivity contribution in [3.8, 4) is 0 Å². The molecule has 5 nitrogen and oxygen atoms in total. The summed E-state index contributed by atoms with van der Waals surface area (Å²) in [4.78, 5) is 23.3. The number of aryl methyl sites for hydroxylation is 1. The highest BCUT2D eigenvalue weighted by atomic mass is 79.9. The number of amides is 2. The number of carboxylic acids is 1. The summed E-state index contributed by atoms with van der Waals surface area (Å²) >= 11 is 6.69. The van der Waals surface area contributed by atoms with Crippen molar-refractivity contribution in [3.05, 3.63) is 26.6 Å². The standard InChI is InChI=1S/C11H12Br2N2O3/c1-6-3-7(12)10(8(13)4-6)14-11(18)15(2)5-9(16)17/h3-4H,5H2,1-2H3,(H,14,18)(H,16,17). The number of likely N-dealkylation sites (N-methyl/N-ethyl adjacent to an activating group) is 1. The van der Waals surface area contributed by atoms with Crippen LogP contribution in [0.5, 0.6) is 0 Å². The number of nitrogens with zero attached hydrogens (tertiary/aromatic N) is 1. The maximum Gasteiger partial charge on any atom is 0.323 e. The number of hydrogen-bond donors (Lipinski definition) is 2. The zero-order chi connectivity index (χ0) is 13.9. The zero-order valence-electron chi connectivity index (χ0n) is 9.83. The number of urea groups is 1. The van der Waals surface area contributed by atoms with Crippen LogP contribution in [0, 0.1) is 6.92 Å². The van der Waals surface area contributed by atoms with Crippen molar-refractivity contribution < 1.29 is 14.7 Å². The Bertz CT molecular complexity index is 468. The molecule has 0 aromatic heterocycles. The summed E-state index contributed by atoms with van der Waals surface area (Å²) in [6.07, 6.45) is 0. The number of carbonyl (C=O) groups is 2. The van der Waals surface area contributed by atoms with E-state index in [0.717, 1.165) is 19.4 Å². The quantitative estimate of drug-likeness (QED) is 0.847. The first kappa shape index (κ1) is 15.0. The molecule has 0 bridgehead atoms. The Kier molecular flexibility index (Phi) is 5.15. The molecule has 0 aliphatic heterocycles. The second-order valence-corrected chi connectivity index (χ2v) is 5.49. The number of anilines is 1. The molecule has 0 saturated carbocycles. The van der Waals surface area contributed by atoms with Crippen molar-refractivity contribution in [3.63, 3.8) is 0 Å². The second-order valence-electron chi connectivity index (χ2n) is 3.78. The van der Waals surface area contributed by atoms with Crippen molar-refractivity contribution >= 4 is 49.5 Å². The summed E-state index contributed by atoms with van der Waals surface area (Å²) in [6.45, 7) is 1.57. The minimum Gasteiger partial charge on any atom is -0.480 e. The van der Waals surface area contributed by atoms with Crippen LogP contribution in [-0.4, -0.2) is 35.6 Å². The molecule has 0 aliphatic rings. The molecule has 0 spiro atoms. The second kappa shape index (κ2) is 6.19. The van der Waals surface area contributed by atoms with Crippen LogP contribution in [0.15, 0.2) is 21.1 Å². The van der Waals surface area contributed by atoms with Gasteiger partial charge in [0.1, 0.15) is 6.54 Å². The van der Waals surface area contributed by atoms with Gasteiger partial charge < -0.3 is 15.3 Å². The summed E-state index contributed by atoms with van der Waals surface area (Å²) in [6, 6.07) is 3.23. The largest absolute Gasteiger partial charge is 0.480 e. The highest BCUT2D eigenvalue weighted by Crippen LogP contribution is 2.32. The lowest BCUT2D eigenvalue weighted by Gasteiger charge is -2.17. The van der Waals surface area contributed by atoms with Gasteiger partial charge in [-0.3, -0.25) is 4.79 Å². The van der Waals surface area contributed by atoms with E-state index in [1.165, 1.54) is 7.05 Å². The third kappa shape index (κ3) is 3.99. The molecule has 18 heavy (non-hydrogen) atoms. The maximum absolute atomic E-state index is 11.7. The van der Waals surface area contributed by atoms with Crippen LogP contribution < -0.4 is 5.32 Å². The lowest BCUT2D eigenvalue weighted by molar-refractivity contribution is -0.137. The lowest BCUT2D eigenvalue weighted by atomic mass is 10.2. The Morgan fingerprint density at radius 1 is 1.33 bits per heavy atom. The topological polar surface area (TPSA) is 69.6 Å². The Labute approximate surface area is 121 Å². The average molecular weight is 380 g/mol. The van der Waals surface area contributed by atoms with Crippen molar-refractivity contribution in [2.24, 2.45) is 0 Å². The van der Waals surface area contributed by atoms with Gasteiger partial charge in [0.25, 0.3) is 0 Å². The lowest BCUT2D eigenvalue weighted by Crippen LogP contribution is -2.35. The molecule has 0 radical (unpaired) electrons. The van der Waals surface area contributed by atoms with Gasteiger partial charge in [-0.1, -0.05) is 0 Å². The molecule has 0 heterocycles. The first-order chi connectivity index (χ1) is 8.31. The fourth-order valence-electron chi connectivity index (χ4n) is 1.30. The molecule has 98 valence electrons. The predicted molar refractivity (Wildman–Crippen MR) is 75.9 cm³/mol. The fraction of sp³-hybridized carbons (Fsp3) is 0.273. The first-order valence-corrected chi connectivity index (χ1v) is 6.59. The SMILES string of the molecule is Cc1cc(Br)c(NC(=O)N(C)CC(=O)O)c(Br)c1. The van der Waals surface area contributed by atoms with Crippen LogP contribution in [0.2, 0.25) is 0 Å². The van der Waals surface area contributed by atoms with Gasteiger partial charge in [-0.05, 0) is 56.5 Å². The van der Waals surface area contributed by atoms with Gasteiger partial charge in [0.15, 0.2) is 0 Å². The Balaban J connectivity index is 2.85. The van der Waals surface area contributed by atoms with E-state index in [1.807, 2.05) is 19.1 Å². The van der Waals surface area contributed by atoms with E-state index in [2.05, 4.69) is 37.2 Å². The van der Waals surface area contributed by atoms with Crippen LogP contribution >= 0.6 is 31.9 Å². The zero-order valence-corrected chi connectivity index (χ0v) is 13.0. The van der Waals surface area contributed by atoms with Crippen LogP contribution in [0.1, 0.15) is 5.56 Å². The molecule has 7 heteroatoms. The van der Waals surface area contributed by atoms with E-state index in [1.54, 1.807) is 0 Å². The van der Waals surface area contributed by atoms with Crippen LogP contribution in [0.4, 0.5) is 10.5 Å². The van der Waals surface area contributed by atoms with E-state index in [-0.39, 0.29) is 6.54 Å². The van der Waals surface area contributed by atoms with Crippen molar-refractivity contribution in [2.45, 2.75) is 6.92 Å². The van der Waals surface area contributed by atoms with E-state index < -0.39 is 12.0 Å². The number of benzene rings is 1. The molecule has 0 unspecified atom stereocenters. The Hall–Kier alpha value is -1.08. The summed E-state index contributed by atoms with van der Waals surface area (Å²) in [5, 5.41) is 11.2. The highest BCUT2D eigenvalue weighted by Gasteiger charge is 2.15. The Morgan fingerprint density at radius 3 is 2.28 bits per heavy atom. The van der Waals surface area contributed by atoms with Crippen molar-refractivity contribution in [2.75, 3.05) is 18.9 Å². The van der Waals surface area contributed by atoms with Gasteiger partial charge in [0, 0.05) is 16.0 Å². The van der Waals surface area contributed by atoms with Gasteiger partial charge in [-0.15, -0.1) is 0 Å². The van der Waals surface area contributed by atoms with Gasteiger partial charge in [-0.2, -0.15) is 0 Å². The number of hydrogen-bond acceptors (Lipinski definition) is 2. The number of aliphatic carboxylic acids is 1. The molecule has 0 saturated heterocycles. The third-order valence-corrected chi connectivity index (χ3v) is 3.39. The van der Waals surface area contributed by atoms with Gasteiger partial charge in [-0.25, -0.2) is 4.79 Å².